The van der Waals surface area contributed by atoms with Crippen molar-refractivity contribution in [3.8, 4) is 0 Å². The Bertz CT molecular complexity index is 426. The second kappa shape index (κ2) is 5.56. The third kappa shape index (κ3) is 2.90. The Labute approximate surface area is 107 Å². The molecule has 0 saturated carbocycles. The van der Waals surface area contributed by atoms with E-state index in [9.17, 15) is 0 Å². The lowest BCUT2D eigenvalue weighted by molar-refractivity contribution is 0.502. The molecule has 0 aliphatic rings. The van der Waals surface area contributed by atoms with Gasteiger partial charge in [0.15, 0.2) is 0 Å². The summed E-state index contributed by atoms with van der Waals surface area (Å²) in [5, 5.41) is 13.2. The minimum Gasteiger partial charge on any atom is -0.308 e. The van der Waals surface area contributed by atoms with Gasteiger partial charge in [-0.15, -0.1) is 16.4 Å². The normalized spacial score (nSPS) is 12.9. The molecule has 2 aromatic heterocycles. The highest BCUT2D eigenvalue weighted by Gasteiger charge is 2.09. The average Bonchev–Trinajstić information content (AvgIpc) is 2.88. The molecule has 0 radical (unpaired) electrons. The molecule has 0 saturated heterocycles. The fourth-order valence-electron chi connectivity index (χ4n) is 1.45. The predicted molar refractivity (Wildman–Crippen MR) is 68.5 cm³/mol. The summed E-state index contributed by atoms with van der Waals surface area (Å²) < 4.78 is 3.00. The second-order valence-corrected chi connectivity index (χ2v) is 5.28. The number of nitrogens with one attached hydrogen (secondary N) is 1. The maximum atomic E-state index is 3.91. The molecule has 0 aromatic carbocycles. The monoisotopic (exact) mass is 300 g/mol. The molecule has 86 valence electrons. The van der Waals surface area contributed by atoms with Gasteiger partial charge in [0.05, 0.1) is 12.7 Å². The SMILES string of the molecule is CC(NCCn1ccnn1)c1sccc1Br. The summed E-state index contributed by atoms with van der Waals surface area (Å²) in [6, 6.07) is 2.44. The molecule has 1 unspecified atom stereocenters. The van der Waals surface area contributed by atoms with Crippen LogP contribution in [-0.2, 0) is 6.54 Å². The highest BCUT2D eigenvalue weighted by atomic mass is 79.9. The number of rotatable bonds is 5. The minimum atomic E-state index is 0.359. The smallest absolute Gasteiger partial charge is 0.0692 e. The van der Waals surface area contributed by atoms with Gasteiger partial charge in [-0.2, -0.15) is 0 Å². The largest absolute Gasteiger partial charge is 0.308 e. The van der Waals surface area contributed by atoms with E-state index in [1.165, 1.54) is 9.35 Å². The van der Waals surface area contributed by atoms with Crippen LogP contribution in [0.1, 0.15) is 17.8 Å². The highest BCUT2D eigenvalue weighted by Crippen LogP contribution is 2.28. The fourth-order valence-corrected chi connectivity index (χ4v) is 3.20. The standard InChI is InChI=1S/C10H13BrN4S/c1-8(10-9(11)2-7-16-10)12-3-5-15-6-4-13-14-15/h2,4,6-8,12H,3,5H2,1H3. The summed E-state index contributed by atoms with van der Waals surface area (Å²) in [5.74, 6) is 0. The Morgan fingerprint density at radius 1 is 1.62 bits per heavy atom. The summed E-state index contributed by atoms with van der Waals surface area (Å²) in [6.45, 7) is 3.89. The van der Waals surface area contributed by atoms with Crippen molar-refractivity contribution in [3.05, 3.63) is 33.2 Å². The fraction of sp³-hybridized carbons (Fsp3) is 0.400. The highest BCUT2D eigenvalue weighted by molar-refractivity contribution is 9.10. The third-order valence-corrected chi connectivity index (χ3v) is 4.35. The van der Waals surface area contributed by atoms with Crippen molar-refractivity contribution in [2.24, 2.45) is 0 Å². The van der Waals surface area contributed by atoms with Gasteiger partial charge in [0.2, 0.25) is 0 Å². The van der Waals surface area contributed by atoms with Crippen LogP contribution in [0.25, 0.3) is 0 Å². The van der Waals surface area contributed by atoms with Crippen molar-refractivity contribution in [2.45, 2.75) is 19.5 Å². The Hall–Kier alpha value is -0.720. The molecule has 16 heavy (non-hydrogen) atoms. The molecule has 0 spiro atoms. The number of hydrogen-bond donors (Lipinski definition) is 1. The van der Waals surface area contributed by atoms with Crippen LogP contribution in [0.4, 0.5) is 0 Å². The molecule has 2 aromatic rings. The van der Waals surface area contributed by atoms with Crippen LogP contribution in [-0.4, -0.2) is 21.5 Å². The van der Waals surface area contributed by atoms with Crippen molar-refractivity contribution >= 4 is 27.3 Å². The Kier molecular flexibility index (Phi) is 4.09. The van der Waals surface area contributed by atoms with Crippen LogP contribution in [0.2, 0.25) is 0 Å². The molecule has 1 atom stereocenters. The van der Waals surface area contributed by atoms with E-state index in [2.05, 4.69) is 49.9 Å². The molecular weight excluding hydrogens is 288 g/mol. The van der Waals surface area contributed by atoms with Crippen molar-refractivity contribution < 1.29 is 0 Å². The van der Waals surface area contributed by atoms with Gasteiger partial charge in [-0.1, -0.05) is 5.21 Å². The maximum Gasteiger partial charge on any atom is 0.0692 e. The lowest BCUT2D eigenvalue weighted by Gasteiger charge is -2.12. The number of nitrogens with zero attached hydrogens (tertiary/aromatic N) is 3. The molecule has 0 aliphatic heterocycles. The van der Waals surface area contributed by atoms with Gasteiger partial charge >= 0.3 is 0 Å². The number of hydrogen-bond acceptors (Lipinski definition) is 4. The van der Waals surface area contributed by atoms with E-state index in [0.29, 0.717) is 6.04 Å². The van der Waals surface area contributed by atoms with Gasteiger partial charge in [-0.05, 0) is 34.3 Å². The zero-order chi connectivity index (χ0) is 11.4. The summed E-state index contributed by atoms with van der Waals surface area (Å²) in [7, 11) is 0. The minimum absolute atomic E-state index is 0.359. The first kappa shape index (κ1) is 11.8. The van der Waals surface area contributed by atoms with Crippen LogP contribution in [0.3, 0.4) is 0 Å². The van der Waals surface area contributed by atoms with Crippen LogP contribution in [0, 0.1) is 0 Å². The zero-order valence-corrected chi connectivity index (χ0v) is 11.3. The van der Waals surface area contributed by atoms with E-state index >= 15 is 0 Å². The van der Waals surface area contributed by atoms with Crippen molar-refractivity contribution in [1.29, 1.82) is 0 Å². The van der Waals surface area contributed by atoms with Gasteiger partial charge in [0, 0.05) is 28.1 Å². The van der Waals surface area contributed by atoms with E-state index in [1.807, 2.05) is 10.9 Å². The Balaban J connectivity index is 1.80. The first-order valence-corrected chi connectivity index (χ1v) is 6.75. The topological polar surface area (TPSA) is 42.7 Å². The number of halogens is 1. The average molecular weight is 301 g/mol. The van der Waals surface area contributed by atoms with Crippen molar-refractivity contribution in [3.63, 3.8) is 0 Å². The molecule has 1 N–H and O–H groups in total. The molecule has 6 heteroatoms. The molecule has 0 fully saturated rings. The van der Waals surface area contributed by atoms with Gasteiger partial charge in [-0.3, -0.25) is 4.68 Å². The maximum absolute atomic E-state index is 3.91. The van der Waals surface area contributed by atoms with E-state index in [4.69, 9.17) is 0 Å². The van der Waals surface area contributed by atoms with Crippen LogP contribution >= 0.6 is 27.3 Å². The molecule has 0 bridgehead atoms. The first-order chi connectivity index (χ1) is 7.77. The molecule has 2 heterocycles. The molecule has 0 amide bonds. The number of thiophene rings is 1. The molecule has 2 rings (SSSR count). The summed E-state index contributed by atoms with van der Waals surface area (Å²) in [6.07, 6.45) is 3.56. The molecular formula is C10H13BrN4S. The van der Waals surface area contributed by atoms with E-state index in [-0.39, 0.29) is 0 Å². The Morgan fingerprint density at radius 3 is 3.12 bits per heavy atom. The van der Waals surface area contributed by atoms with Gasteiger partial charge in [0.25, 0.3) is 0 Å². The lowest BCUT2D eigenvalue weighted by Crippen LogP contribution is -2.23. The lowest BCUT2D eigenvalue weighted by atomic mass is 10.3. The van der Waals surface area contributed by atoms with Crippen molar-refractivity contribution in [2.75, 3.05) is 6.54 Å². The van der Waals surface area contributed by atoms with Crippen LogP contribution in [0.15, 0.2) is 28.3 Å². The third-order valence-electron chi connectivity index (χ3n) is 2.30. The second-order valence-electron chi connectivity index (χ2n) is 3.47. The molecule has 0 aliphatic carbocycles. The van der Waals surface area contributed by atoms with Crippen LogP contribution < -0.4 is 5.32 Å². The van der Waals surface area contributed by atoms with E-state index in [1.54, 1.807) is 17.5 Å². The van der Waals surface area contributed by atoms with Crippen LogP contribution in [0.5, 0.6) is 0 Å². The number of aromatic nitrogens is 3. The van der Waals surface area contributed by atoms with Gasteiger partial charge < -0.3 is 5.32 Å². The quantitative estimate of drug-likeness (QED) is 0.922. The van der Waals surface area contributed by atoms with Gasteiger partial charge in [-0.25, -0.2) is 0 Å². The van der Waals surface area contributed by atoms with Crippen molar-refractivity contribution in [1.82, 2.24) is 20.3 Å². The molecule has 4 nitrogen and oxygen atoms in total. The summed E-state index contributed by atoms with van der Waals surface area (Å²) in [4.78, 5) is 1.33. The summed E-state index contributed by atoms with van der Waals surface area (Å²) in [5.41, 5.74) is 0. The summed E-state index contributed by atoms with van der Waals surface area (Å²) >= 11 is 5.30. The zero-order valence-electron chi connectivity index (χ0n) is 8.93. The first-order valence-electron chi connectivity index (χ1n) is 5.08. The van der Waals surface area contributed by atoms with E-state index in [0.717, 1.165) is 13.1 Å². The van der Waals surface area contributed by atoms with E-state index < -0.39 is 0 Å². The predicted octanol–water partition coefficient (Wildman–Crippen LogP) is 2.45. The van der Waals surface area contributed by atoms with Gasteiger partial charge in [0.1, 0.15) is 0 Å². The Morgan fingerprint density at radius 2 is 2.50 bits per heavy atom.